The first-order chi connectivity index (χ1) is 19.5. The summed E-state index contributed by atoms with van der Waals surface area (Å²) in [6.07, 6.45) is 3.35. The molecular formula is C29H28FN7OS2. The fourth-order valence-corrected chi connectivity index (χ4v) is 5.77. The fourth-order valence-electron chi connectivity index (χ4n) is 4.04. The van der Waals surface area contributed by atoms with Gasteiger partial charge in [0.25, 0.3) is 5.91 Å². The number of halogens is 1. The molecule has 3 heterocycles. The van der Waals surface area contributed by atoms with E-state index in [-0.39, 0.29) is 11.7 Å². The number of hydrogen-bond donors (Lipinski definition) is 0. The first kappa shape index (κ1) is 27.6. The van der Waals surface area contributed by atoms with Gasteiger partial charge in [-0.1, -0.05) is 54.2 Å². The molecule has 0 saturated heterocycles. The molecule has 0 bridgehead atoms. The fraction of sp³-hybridized carbons (Fsp3) is 0.207. The maximum atomic E-state index is 14.9. The molecule has 8 nitrogen and oxygen atoms in total. The van der Waals surface area contributed by atoms with E-state index in [1.54, 1.807) is 46.6 Å². The van der Waals surface area contributed by atoms with Crippen molar-refractivity contribution >= 4 is 29.0 Å². The number of benzene rings is 2. The molecule has 2 aromatic carbocycles. The molecule has 5 rings (SSSR count). The first-order valence-corrected chi connectivity index (χ1v) is 14.5. The number of pyridine rings is 1. The van der Waals surface area contributed by atoms with Gasteiger partial charge in [-0.25, -0.2) is 9.37 Å². The van der Waals surface area contributed by atoms with Crippen molar-refractivity contribution in [1.29, 1.82) is 0 Å². The third kappa shape index (κ3) is 6.61. The lowest BCUT2D eigenvalue weighted by Gasteiger charge is -2.24. The molecule has 0 fully saturated rings. The predicted octanol–water partition coefficient (Wildman–Crippen LogP) is 5.42. The van der Waals surface area contributed by atoms with Gasteiger partial charge in [-0.2, -0.15) is 0 Å². The Bertz CT molecular complexity index is 1560. The summed E-state index contributed by atoms with van der Waals surface area (Å²) in [5.41, 5.74) is 2.56. The highest BCUT2D eigenvalue weighted by atomic mass is 32.2. The third-order valence-corrected chi connectivity index (χ3v) is 8.03. The van der Waals surface area contributed by atoms with Crippen LogP contribution in [0.5, 0.6) is 0 Å². The lowest BCUT2D eigenvalue weighted by Crippen LogP contribution is -2.36. The second-order valence-corrected chi connectivity index (χ2v) is 11.2. The van der Waals surface area contributed by atoms with E-state index in [0.29, 0.717) is 41.2 Å². The van der Waals surface area contributed by atoms with Gasteiger partial charge in [-0.05, 0) is 43.9 Å². The monoisotopic (exact) mass is 573 g/mol. The van der Waals surface area contributed by atoms with Crippen LogP contribution < -0.4 is 0 Å². The molecule has 1 amide bonds. The highest BCUT2D eigenvalue weighted by molar-refractivity contribution is 7.98. The third-order valence-electron chi connectivity index (χ3n) is 6.06. The Balaban J connectivity index is 1.35. The summed E-state index contributed by atoms with van der Waals surface area (Å²) in [6.45, 7) is 1.85. The topological polar surface area (TPSA) is 80.0 Å². The van der Waals surface area contributed by atoms with Crippen LogP contribution in [0.15, 0.2) is 89.7 Å². The number of hydrogen-bond acceptors (Lipinski definition) is 8. The Labute approximate surface area is 240 Å². The first-order valence-electron chi connectivity index (χ1n) is 12.7. The summed E-state index contributed by atoms with van der Waals surface area (Å²) in [5.74, 6) is 0.459. The van der Waals surface area contributed by atoms with E-state index < -0.39 is 0 Å². The van der Waals surface area contributed by atoms with E-state index in [1.807, 2.05) is 55.4 Å². The zero-order valence-corrected chi connectivity index (χ0v) is 23.8. The number of thioether (sulfide) groups is 1. The van der Waals surface area contributed by atoms with Crippen LogP contribution >= 0.6 is 23.1 Å². The van der Waals surface area contributed by atoms with Gasteiger partial charge in [-0.15, -0.1) is 21.5 Å². The summed E-state index contributed by atoms with van der Waals surface area (Å²) >= 11 is 2.81. The molecule has 3 aromatic heterocycles. The molecule has 40 heavy (non-hydrogen) atoms. The predicted molar refractivity (Wildman–Crippen MR) is 156 cm³/mol. The van der Waals surface area contributed by atoms with E-state index in [2.05, 4.69) is 25.1 Å². The number of thiazole rings is 1. The normalized spacial score (nSPS) is 11.2. The number of amides is 1. The van der Waals surface area contributed by atoms with Crippen LogP contribution in [0.4, 0.5) is 4.39 Å². The molecule has 0 aliphatic carbocycles. The summed E-state index contributed by atoms with van der Waals surface area (Å²) in [7, 11) is 3.98. The molecule has 0 saturated carbocycles. The van der Waals surface area contributed by atoms with Crippen LogP contribution in [-0.4, -0.2) is 67.6 Å². The van der Waals surface area contributed by atoms with E-state index in [0.717, 1.165) is 22.7 Å². The second kappa shape index (κ2) is 12.9. The summed E-state index contributed by atoms with van der Waals surface area (Å²) in [5, 5.41) is 11.8. The van der Waals surface area contributed by atoms with Gasteiger partial charge in [0.05, 0.1) is 11.4 Å². The highest BCUT2D eigenvalue weighted by Gasteiger charge is 2.22. The van der Waals surface area contributed by atoms with Crippen molar-refractivity contribution in [3.8, 4) is 17.1 Å². The van der Waals surface area contributed by atoms with Crippen molar-refractivity contribution in [1.82, 2.24) is 34.5 Å². The van der Waals surface area contributed by atoms with E-state index in [1.165, 1.54) is 29.2 Å². The average Bonchev–Trinajstić information content (AvgIpc) is 3.62. The molecule has 0 radical (unpaired) electrons. The van der Waals surface area contributed by atoms with E-state index in [4.69, 9.17) is 0 Å². The van der Waals surface area contributed by atoms with Crippen molar-refractivity contribution in [2.45, 2.75) is 17.5 Å². The van der Waals surface area contributed by atoms with Gasteiger partial charge in [0.1, 0.15) is 16.5 Å². The molecule has 0 spiro atoms. The van der Waals surface area contributed by atoms with Gasteiger partial charge in [-0.3, -0.25) is 14.3 Å². The summed E-state index contributed by atoms with van der Waals surface area (Å²) in [4.78, 5) is 26.2. The molecule has 0 unspecified atom stereocenters. The Morgan fingerprint density at radius 3 is 2.55 bits per heavy atom. The Hall–Kier alpha value is -3.93. The lowest BCUT2D eigenvalue weighted by atomic mass is 10.2. The smallest absolute Gasteiger partial charge is 0.273 e. The number of nitrogens with zero attached hydrogens (tertiary/aromatic N) is 7. The van der Waals surface area contributed by atoms with Crippen molar-refractivity contribution in [3.05, 3.63) is 107 Å². The number of rotatable bonds is 11. The Morgan fingerprint density at radius 1 is 1.00 bits per heavy atom. The van der Waals surface area contributed by atoms with Crippen LogP contribution in [-0.2, 0) is 12.3 Å². The molecule has 204 valence electrons. The minimum atomic E-state index is -0.382. The second-order valence-electron chi connectivity index (χ2n) is 9.27. The van der Waals surface area contributed by atoms with Crippen molar-refractivity contribution in [3.63, 3.8) is 0 Å². The van der Waals surface area contributed by atoms with E-state index >= 15 is 0 Å². The SMILES string of the molecule is CN(C)CCN(Cc1ccccc1)C(=O)c1csc(CSc2nnc(-c3cccnc3)n2-c2ccccc2F)n1. The van der Waals surface area contributed by atoms with Gasteiger partial charge in [0.15, 0.2) is 11.0 Å². The summed E-state index contributed by atoms with van der Waals surface area (Å²) in [6, 6.07) is 20.1. The molecule has 11 heteroatoms. The molecule has 5 aromatic rings. The number of aromatic nitrogens is 5. The largest absolute Gasteiger partial charge is 0.332 e. The average molecular weight is 574 g/mol. The van der Waals surface area contributed by atoms with Gasteiger partial charge < -0.3 is 9.80 Å². The van der Waals surface area contributed by atoms with Gasteiger partial charge in [0, 0.05) is 43.0 Å². The number of carbonyl (C=O) groups is 1. The minimum absolute atomic E-state index is 0.105. The highest BCUT2D eigenvalue weighted by Crippen LogP contribution is 2.31. The van der Waals surface area contributed by atoms with Crippen molar-refractivity contribution in [2.24, 2.45) is 0 Å². The quantitative estimate of drug-likeness (QED) is 0.195. The van der Waals surface area contributed by atoms with Gasteiger partial charge >= 0.3 is 0 Å². The number of carbonyl (C=O) groups excluding carboxylic acids is 1. The van der Waals surface area contributed by atoms with Crippen LogP contribution in [0.2, 0.25) is 0 Å². The standard InChI is InChI=1S/C29H28FN7OS2/c1-35(2)15-16-36(18-21-9-4-3-5-10-21)28(38)24-19-39-26(32-24)20-40-29-34-33-27(22-11-8-14-31-17-22)37(29)25-13-7-6-12-23(25)30/h3-14,17,19H,15-16,18,20H2,1-2H3. The van der Waals surface area contributed by atoms with E-state index in [9.17, 15) is 9.18 Å². The molecular weight excluding hydrogens is 545 g/mol. The van der Waals surface area contributed by atoms with Crippen LogP contribution in [0.25, 0.3) is 17.1 Å². The van der Waals surface area contributed by atoms with Crippen molar-refractivity contribution in [2.75, 3.05) is 27.2 Å². The summed E-state index contributed by atoms with van der Waals surface area (Å²) < 4.78 is 16.6. The Kier molecular flexibility index (Phi) is 8.94. The van der Waals surface area contributed by atoms with Crippen LogP contribution in [0, 0.1) is 5.82 Å². The van der Waals surface area contributed by atoms with Crippen molar-refractivity contribution < 1.29 is 9.18 Å². The van der Waals surface area contributed by atoms with Crippen LogP contribution in [0.3, 0.4) is 0 Å². The minimum Gasteiger partial charge on any atom is -0.332 e. The molecule has 0 N–H and O–H groups in total. The van der Waals surface area contributed by atoms with Crippen LogP contribution in [0.1, 0.15) is 21.1 Å². The van der Waals surface area contributed by atoms with Gasteiger partial charge in [0.2, 0.25) is 0 Å². The molecule has 0 aliphatic heterocycles. The zero-order valence-electron chi connectivity index (χ0n) is 22.1. The lowest BCUT2D eigenvalue weighted by molar-refractivity contribution is 0.0726. The maximum Gasteiger partial charge on any atom is 0.273 e. The zero-order chi connectivity index (χ0) is 27.9. The maximum absolute atomic E-state index is 14.9. The molecule has 0 atom stereocenters. The Morgan fingerprint density at radius 2 is 1.80 bits per heavy atom. The number of para-hydroxylation sites is 1. The number of likely N-dealkylation sites (N-methyl/N-ethyl adjacent to an activating group) is 1. The molecule has 0 aliphatic rings.